The number of ether oxygens (including phenoxy) is 2. The molecule has 0 bridgehead atoms. The first-order valence-corrected chi connectivity index (χ1v) is 9.18. The molecule has 6 heteroatoms. The van der Waals surface area contributed by atoms with Crippen molar-refractivity contribution in [2.24, 2.45) is 0 Å². The third kappa shape index (κ3) is 5.04. The predicted octanol–water partition coefficient (Wildman–Crippen LogP) is 5.77. The van der Waals surface area contributed by atoms with Crippen molar-refractivity contribution in [3.05, 3.63) is 87.9 Å². The molecule has 0 saturated carbocycles. The molecule has 4 nitrogen and oxygen atoms in total. The molecule has 3 aromatic rings. The van der Waals surface area contributed by atoms with E-state index in [4.69, 9.17) is 37.9 Å². The highest BCUT2D eigenvalue weighted by Crippen LogP contribution is 2.23. The molecular weight excluding hydrogens is 397 g/mol. The van der Waals surface area contributed by atoms with Gasteiger partial charge in [-0.05, 0) is 53.6 Å². The lowest BCUT2D eigenvalue weighted by Crippen LogP contribution is -2.12. The van der Waals surface area contributed by atoms with E-state index in [2.05, 4.69) is 6.07 Å². The Morgan fingerprint density at radius 3 is 2.18 bits per heavy atom. The highest BCUT2D eigenvalue weighted by Gasteiger charge is 2.12. The molecule has 0 unspecified atom stereocenters. The van der Waals surface area contributed by atoms with Gasteiger partial charge in [-0.25, -0.2) is 4.79 Å². The minimum absolute atomic E-state index is 0.0824. The van der Waals surface area contributed by atoms with Crippen molar-refractivity contribution < 1.29 is 14.3 Å². The van der Waals surface area contributed by atoms with Crippen LogP contribution in [0.1, 0.15) is 15.9 Å². The number of carbonyl (C=O) groups excluding carboxylic acids is 1. The van der Waals surface area contributed by atoms with Crippen LogP contribution in [0.5, 0.6) is 5.75 Å². The van der Waals surface area contributed by atoms with Crippen molar-refractivity contribution in [3.8, 4) is 22.9 Å². The predicted molar refractivity (Wildman–Crippen MR) is 109 cm³/mol. The van der Waals surface area contributed by atoms with E-state index in [1.165, 1.54) is 6.07 Å². The topological polar surface area (TPSA) is 59.3 Å². The first-order valence-electron chi connectivity index (χ1n) is 8.42. The summed E-state index contributed by atoms with van der Waals surface area (Å²) in [6.45, 7) is 0.291. The van der Waals surface area contributed by atoms with Gasteiger partial charge >= 0.3 is 5.97 Å². The van der Waals surface area contributed by atoms with Gasteiger partial charge in [-0.15, -0.1) is 0 Å². The lowest BCUT2D eigenvalue weighted by Gasteiger charge is -2.09. The Balaban J connectivity index is 1.50. The normalized spacial score (nSPS) is 10.2. The van der Waals surface area contributed by atoms with Gasteiger partial charge in [0.15, 0.2) is 0 Å². The monoisotopic (exact) mass is 411 g/mol. The second kappa shape index (κ2) is 9.27. The van der Waals surface area contributed by atoms with E-state index in [-0.39, 0.29) is 23.8 Å². The van der Waals surface area contributed by atoms with E-state index in [0.29, 0.717) is 16.3 Å². The number of carbonyl (C=O) groups is 1. The van der Waals surface area contributed by atoms with Gasteiger partial charge in [0.25, 0.3) is 0 Å². The molecule has 0 spiro atoms. The third-order valence-corrected chi connectivity index (χ3v) is 4.50. The second-order valence-corrected chi connectivity index (χ2v) is 6.67. The molecule has 0 amide bonds. The van der Waals surface area contributed by atoms with Gasteiger partial charge in [0.1, 0.15) is 19.0 Å². The molecule has 0 aliphatic carbocycles. The lowest BCUT2D eigenvalue weighted by atomic mass is 10.0. The lowest BCUT2D eigenvalue weighted by molar-refractivity contribution is 0.0450. The Morgan fingerprint density at radius 2 is 1.54 bits per heavy atom. The van der Waals surface area contributed by atoms with Crippen LogP contribution in [-0.4, -0.2) is 19.2 Å². The molecule has 0 fully saturated rings. The van der Waals surface area contributed by atoms with E-state index >= 15 is 0 Å². The molecule has 0 N–H and O–H groups in total. The van der Waals surface area contributed by atoms with Crippen LogP contribution >= 0.6 is 23.2 Å². The number of benzene rings is 3. The highest BCUT2D eigenvalue weighted by atomic mass is 35.5. The Morgan fingerprint density at radius 1 is 0.893 bits per heavy atom. The molecular formula is C22H15Cl2NO3. The molecule has 0 heterocycles. The number of nitriles is 1. The largest absolute Gasteiger partial charge is 0.490 e. The van der Waals surface area contributed by atoms with Crippen LogP contribution in [-0.2, 0) is 4.74 Å². The summed E-state index contributed by atoms with van der Waals surface area (Å²) in [6.07, 6.45) is 0. The average Bonchev–Trinajstić information content (AvgIpc) is 2.73. The Bertz CT molecular complexity index is 1010. The van der Waals surface area contributed by atoms with Gasteiger partial charge in [-0.2, -0.15) is 5.26 Å². The van der Waals surface area contributed by atoms with Crippen LogP contribution in [0, 0.1) is 11.3 Å². The van der Waals surface area contributed by atoms with Gasteiger partial charge in [0, 0.05) is 5.02 Å². The van der Waals surface area contributed by atoms with Gasteiger partial charge in [-0.3, -0.25) is 0 Å². The molecule has 0 radical (unpaired) electrons. The quantitative estimate of drug-likeness (QED) is 0.381. The molecule has 0 aliphatic rings. The Labute approximate surface area is 172 Å². The zero-order chi connectivity index (χ0) is 19.9. The minimum Gasteiger partial charge on any atom is -0.490 e. The third-order valence-electron chi connectivity index (χ3n) is 3.94. The first kappa shape index (κ1) is 19.8. The van der Waals surface area contributed by atoms with Crippen molar-refractivity contribution in [2.75, 3.05) is 13.2 Å². The fraction of sp³-hybridized carbons (Fsp3) is 0.0909. The summed E-state index contributed by atoms with van der Waals surface area (Å²) < 4.78 is 10.8. The van der Waals surface area contributed by atoms with Crippen molar-refractivity contribution >= 4 is 29.2 Å². The maximum absolute atomic E-state index is 12.0. The van der Waals surface area contributed by atoms with Gasteiger partial charge in [0.05, 0.1) is 22.2 Å². The van der Waals surface area contributed by atoms with Gasteiger partial charge < -0.3 is 9.47 Å². The zero-order valence-electron chi connectivity index (χ0n) is 14.7. The summed E-state index contributed by atoms with van der Waals surface area (Å²) in [6, 6.07) is 21.6. The van der Waals surface area contributed by atoms with Crippen LogP contribution in [0.3, 0.4) is 0 Å². The number of rotatable bonds is 6. The molecule has 0 aromatic heterocycles. The van der Waals surface area contributed by atoms with Crippen LogP contribution in [0.15, 0.2) is 66.7 Å². The van der Waals surface area contributed by atoms with E-state index in [1.807, 2.05) is 36.4 Å². The number of hydrogen-bond acceptors (Lipinski definition) is 4. The number of hydrogen-bond donors (Lipinski definition) is 0. The van der Waals surface area contributed by atoms with Gasteiger partial charge in [-0.1, -0.05) is 47.5 Å². The number of halogens is 2. The fourth-order valence-corrected chi connectivity index (χ4v) is 2.87. The van der Waals surface area contributed by atoms with E-state index in [9.17, 15) is 4.79 Å². The highest BCUT2D eigenvalue weighted by molar-refractivity contribution is 6.35. The molecule has 3 aromatic carbocycles. The van der Waals surface area contributed by atoms with Crippen LogP contribution in [0.2, 0.25) is 10.0 Å². The summed E-state index contributed by atoms with van der Waals surface area (Å²) in [4.78, 5) is 12.0. The maximum Gasteiger partial charge on any atom is 0.339 e. The van der Waals surface area contributed by atoms with Crippen molar-refractivity contribution in [3.63, 3.8) is 0 Å². The zero-order valence-corrected chi connectivity index (χ0v) is 16.2. The van der Waals surface area contributed by atoms with Crippen molar-refractivity contribution in [1.82, 2.24) is 0 Å². The van der Waals surface area contributed by atoms with E-state index in [0.717, 1.165) is 11.1 Å². The van der Waals surface area contributed by atoms with Crippen LogP contribution in [0.4, 0.5) is 0 Å². The van der Waals surface area contributed by atoms with Crippen molar-refractivity contribution in [2.45, 2.75) is 0 Å². The maximum atomic E-state index is 12.0. The standard InChI is InChI=1S/C22H15Cl2NO3/c23-18-7-10-21(24)20(13-18)22(26)28-12-11-27-19-8-5-17(6-9-19)16-3-1-15(14-25)2-4-16/h1-10,13H,11-12H2. The minimum atomic E-state index is -0.549. The van der Waals surface area contributed by atoms with Crippen LogP contribution < -0.4 is 4.74 Å². The first-order chi connectivity index (χ1) is 13.6. The molecule has 0 aliphatic heterocycles. The molecule has 0 atom stereocenters. The number of esters is 1. The number of nitrogens with zero attached hydrogens (tertiary/aromatic N) is 1. The summed E-state index contributed by atoms with van der Waals surface area (Å²) >= 11 is 11.8. The van der Waals surface area contributed by atoms with E-state index in [1.54, 1.807) is 24.3 Å². The van der Waals surface area contributed by atoms with Gasteiger partial charge in [0.2, 0.25) is 0 Å². The summed E-state index contributed by atoms with van der Waals surface area (Å²) in [5, 5.41) is 9.55. The molecule has 0 saturated heterocycles. The summed E-state index contributed by atoms with van der Waals surface area (Å²) in [5.41, 5.74) is 2.87. The fourth-order valence-electron chi connectivity index (χ4n) is 2.51. The smallest absolute Gasteiger partial charge is 0.339 e. The summed E-state index contributed by atoms with van der Waals surface area (Å²) in [7, 11) is 0. The van der Waals surface area contributed by atoms with Crippen molar-refractivity contribution in [1.29, 1.82) is 5.26 Å². The molecule has 28 heavy (non-hydrogen) atoms. The molecule has 140 valence electrons. The summed E-state index contributed by atoms with van der Waals surface area (Å²) in [5.74, 6) is 0.112. The molecule has 3 rings (SSSR count). The Hall–Kier alpha value is -3.00. The van der Waals surface area contributed by atoms with E-state index < -0.39 is 5.97 Å². The SMILES string of the molecule is N#Cc1ccc(-c2ccc(OCCOC(=O)c3cc(Cl)ccc3Cl)cc2)cc1. The van der Waals surface area contributed by atoms with Crippen LogP contribution in [0.25, 0.3) is 11.1 Å². The Kier molecular flexibility index (Phi) is 6.54. The second-order valence-electron chi connectivity index (χ2n) is 5.82. The average molecular weight is 412 g/mol.